The molecule has 0 unspecified atom stereocenters. The van der Waals surface area contributed by atoms with E-state index in [2.05, 4.69) is 5.10 Å². The Kier molecular flexibility index (Phi) is 4.20. The molecule has 2 rings (SSSR count). The van der Waals surface area contributed by atoms with E-state index in [0.717, 1.165) is 12.8 Å². The lowest BCUT2D eigenvalue weighted by Crippen LogP contribution is -2.42. The first kappa shape index (κ1) is 14.7. The lowest BCUT2D eigenvalue weighted by atomic mass is 10.1. The van der Waals surface area contributed by atoms with Gasteiger partial charge in [-0.25, -0.2) is 4.79 Å². The summed E-state index contributed by atoms with van der Waals surface area (Å²) < 4.78 is 12.4. The van der Waals surface area contributed by atoms with Crippen LogP contribution in [0.4, 0.5) is 4.79 Å². The van der Waals surface area contributed by atoms with Gasteiger partial charge >= 0.3 is 6.09 Å². The second kappa shape index (κ2) is 5.73. The Bertz CT molecular complexity index is 456. The fourth-order valence-corrected chi connectivity index (χ4v) is 2.27. The Balaban J connectivity index is 1.87. The van der Waals surface area contributed by atoms with Crippen LogP contribution in [0.5, 0.6) is 5.88 Å². The number of likely N-dealkylation sites (tertiary alicyclic amines) is 1. The van der Waals surface area contributed by atoms with Crippen molar-refractivity contribution in [2.75, 3.05) is 20.2 Å². The number of piperidine rings is 1. The van der Waals surface area contributed by atoms with Crippen LogP contribution < -0.4 is 4.74 Å². The second-order valence-electron chi connectivity index (χ2n) is 6.04. The van der Waals surface area contributed by atoms with E-state index in [-0.39, 0.29) is 6.09 Å². The third-order valence-electron chi connectivity index (χ3n) is 3.28. The summed E-state index contributed by atoms with van der Waals surface area (Å²) in [7, 11) is 1.61. The third-order valence-corrected chi connectivity index (χ3v) is 3.28. The fraction of sp³-hybridized carbons (Fsp3) is 0.714. The molecule has 0 N–H and O–H groups in total. The van der Waals surface area contributed by atoms with Gasteiger partial charge in [0.05, 0.1) is 13.2 Å². The molecular formula is C14H23N3O3. The van der Waals surface area contributed by atoms with Gasteiger partial charge in [0.25, 0.3) is 0 Å². The lowest BCUT2D eigenvalue weighted by molar-refractivity contribution is 0.0184. The number of amides is 1. The van der Waals surface area contributed by atoms with Crippen LogP contribution in [0.2, 0.25) is 0 Å². The van der Waals surface area contributed by atoms with Crippen LogP contribution in [0, 0.1) is 0 Å². The van der Waals surface area contributed by atoms with Gasteiger partial charge in [-0.15, -0.1) is 5.10 Å². The van der Waals surface area contributed by atoms with Crippen LogP contribution in [-0.2, 0) is 4.74 Å². The lowest BCUT2D eigenvalue weighted by Gasteiger charge is -2.33. The van der Waals surface area contributed by atoms with Gasteiger partial charge in [-0.3, -0.25) is 4.68 Å². The molecule has 0 spiro atoms. The van der Waals surface area contributed by atoms with Gasteiger partial charge < -0.3 is 14.4 Å². The Morgan fingerprint density at radius 1 is 1.35 bits per heavy atom. The molecule has 112 valence electrons. The van der Waals surface area contributed by atoms with Crippen LogP contribution in [0.25, 0.3) is 0 Å². The summed E-state index contributed by atoms with van der Waals surface area (Å²) in [5.74, 6) is 0.625. The summed E-state index contributed by atoms with van der Waals surface area (Å²) in [6.07, 6.45) is 3.45. The Morgan fingerprint density at radius 2 is 2.00 bits per heavy atom. The molecule has 6 nitrogen and oxygen atoms in total. The molecule has 1 aromatic heterocycles. The molecule has 0 bridgehead atoms. The highest BCUT2D eigenvalue weighted by molar-refractivity contribution is 5.68. The number of carbonyl (C=O) groups is 1. The molecule has 6 heteroatoms. The second-order valence-corrected chi connectivity index (χ2v) is 6.04. The van der Waals surface area contributed by atoms with Crippen LogP contribution in [0.15, 0.2) is 12.3 Å². The Morgan fingerprint density at radius 3 is 2.50 bits per heavy atom. The van der Waals surface area contributed by atoms with E-state index < -0.39 is 5.60 Å². The van der Waals surface area contributed by atoms with Crippen molar-refractivity contribution in [1.29, 1.82) is 0 Å². The summed E-state index contributed by atoms with van der Waals surface area (Å²) >= 11 is 0. The largest absolute Gasteiger partial charge is 0.480 e. The number of nitrogens with zero attached hydrogens (tertiary/aromatic N) is 3. The smallest absolute Gasteiger partial charge is 0.410 e. The minimum atomic E-state index is -0.441. The number of methoxy groups -OCH3 is 1. The Labute approximate surface area is 119 Å². The maximum atomic E-state index is 12.0. The first-order valence-corrected chi connectivity index (χ1v) is 6.96. The average Bonchev–Trinajstić information content (AvgIpc) is 2.85. The van der Waals surface area contributed by atoms with E-state index in [4.69, 9.17) is 9.47 Å². The van der Waals surface area contributed by atoms with E-state index >= 15 is 0 Å². The molecule has 1 aliphatic heterocycles. The average molecular weight is 281 g/mol. The molecule has 1 aliphatic rings. The number of rotatable bonds is 2. The number of aromatic nitrogens is 2. The molecule has 0 aliphatic carbocycles. The molecule has 1 aromatic rings. The molecule has 2 heterocycles. The summed E-state index contributed by atoms with van der Waals surface area (Å²) in [5.41, 5.74) is -0.441. The standard InChI is InChI=1S/C14H23N3O3/c1-14(2,3)20-13(18)16-8-5-11(6-9-16)17-10-7-12(15-17)19-4/h7,10-11H,5-6,8-9H2,1-4H3. The molecule has 0 aromatic carbocycles. The van der Waals surface area contributed by atoms with Crippen molar-refractivity contribution in [1.82, 2.24) is 14.7 Å². The van der Waals surface area contributed by atoms with Gasteiger partial charge in [0.1, 0.15) is 5.60 Å². The van der Waals surface area contributed by atoms with E-state index in [1.54, 1.807) is 12.0 Å². The summed E-state index contributed by atoms with van der Waals surface area (Å²) in [5, 5.41) is 4.34. The highest BCUT2D eigenvalue weighted by atomic mass is 16.6. The highest BCUT2D eigenvalue weighted by Crippen LogP contribution is 2.24. The van der Waals surface area contributed by atoms with E-state index in [9.17, 15) is 4.79 Å². The number of ether oxygens (including phenoxy) is 2. The van der Waals surface area contributed by atoms with Crippen LogP contribution in [0.1, 0.15) is 39.7 Å². The molecule has 1 fully saturated rings. The van der Waals surface area contributed by atoms with Crippen LogP contribution in [-0.4, -0.2) is 46.6 Å². The van der Waals surface area contributed by atoms with Crippen LogP contribution >= 0.6 is 0 Å². The molecule has 0 saturated carbocycles. The molecule has 20 heavy (non-hydrogen) atoms. The van der Waals surface area contributed by atoms with Crippen LogP contribution in [0.3, 0.4) is 0 Å². The Hall–Kier alpha value is -1.72. The van der Waals surface area contributed by atoms with E-state index in [1.165, 1.54) is 0 Å². The molecular weight excluding hydrogens is 258 g/mol. The summed E-state index contributed by atoms with van der Waals surface area (Å²) in [6.45, 7) is 7.04. The predicted molar refractivity (Wildman–Crippen MR) is 74.9 cm³/mol. The van der Waals surface area contributed by atoms with Crippen molar-refractivity contribution in [3.05, 3.63) is 12.3 Å². The van der Waals surface area contributed by atoms with Gasteiger partial charge in [0.15, 0.2) is 0 Å². The number of carbonyl (C=O) groups excluding carboxylic acids is 1. The van der Waals surface area contributed by atoms with Crippen molar-refractivity contribution in [2.45, 2.75) is 45.3 Å². The highest BCUT2D eigenvalue weighted by Gasteiger charge is 2.27. The van der Waals surface area contributed by atoms with E-state index in [1.807, 2.05) is 37.7 Å². The normalized spacial score (nSPS) is 17.1. The summed E-state index contributed by atoms with van der Waals surface area (Å²) in [6, 6.07) is 2.16. The maximum Gasteiger partial charge on any atom is 0.410 e. The number of hydrogen-bond donors (Lipinski definition) is 0. The minimum Gasteiger partial charge on any atom is -0.480 e. The van der Waals surface area contributed by atoms with Crippen molar-refractivity contribution in [2.24, 2.45) is 0 Å². The zero-order chi connectivity index (χ0) is 14.8. The number of hydrogen-bond acceptors (Lipinski definition) is 4. The van der Waals surface area contributed by atoms with Gasteiger partial charge in [0.2, 0.25) is 5.88 Å². The van der Waals surface area contributed by atoms with E-state index in [0.29, 0.717) is 25.0 Å². The summed E-state index contributed by atoms with van der Waals surface area (Å²) in [4.78, 5) is 13.7. The maximum absolute atomic E-state index is 12.0. The predicted octanol–water partition coefficient (Wildman–Crippen LogP) is 2.46. The molecule has 0 atom stereocenters. The SMILES string of the molecule is COc1ccn(C2CCN(C(=O)OC(C)(C)C)CC2)n1. The third kappa shape index (κ3) is 3.65. The van der Waals surface area contributed by atoms with Crippen molar-refractivity contribution in [3.8, 4) is 5.88 Å². The van der Waals surface area contributed by atoms with Crippen molar-refractivity contribution < 1.29 is 14.3 Å². The monoisotopic (exact) mass is 281 g/mol. The van der Waals surface area contributed by atoms with Gasteiger partial charge in [-0.2, -0.15) is 0 Å². The zero-order valence-electron chi connectivity index (χ0n) is 12.6. The minimum absolute atomic E-state index is 0.228. The van der Waals surface area contributed by atoms with Gasteiger partial charge in [-0.1, -0.05) is 0 Å². The van der Waals surface area contributed by atoms with Gasteiger partial charge in [-0.05, 0) is 33.6 Å². The van der Waals surface area contributed by atoms with Gasteiger partial charge in [0, 0.05) is 25.4 Å². The topological polar surface area (TPSA) is 56.6 Å². The van der Waals surface area contributed by atoms with Crippen molar-refractivity contribution >= 4 is 6.09 Å². The quantitative estimate of drug-likeness (QED) is 0.835. The molecule has 1 saturated heterocycles. The first-order valence-electron chi connectivity index (χ1n) is 6.96. The fourth-order valence-electron chi connectivity index (χ4n) is 2.27. The molecule has 0 radical (unpaired) electrons. The van der Waals surface area contributed by atoms with Crippen molar-refractivity contribution in [3.63, 3.8) is 0 Å². The first-order chi connectivity index (χ1) is 9.39. The molecule has 1 amide bonds. The zero-order valence-corrected chi connectivity index (χ0v) is 12.6.